The summed E-state index contributed by atoms with van der Waals surface area (Å²) in [5, 5.41) is 8.58. The first kappa shape index (κ1) is 15.3. The number of carboxylic acids is 1. The van der Waals surface area contributed by atoms with Gasteiger partial charge >= 0.3 is 5.97 Å². The SMILES string of the molecule is O=C(O)/C=C/c1ccc(OCc2cccc(F)c2)c(Br)c1. The highest BCUT2D eigenvalue weighted by Crippen LogP contribution is 2.27. The van der Waals surface area contributed by atoms with Crippen molar-refractivity contribution >= 4 is 28.0 Å². The van der Waals surface area contributed by atoms with Crippen LogP contribution < -0.4 is 4.74 Å². The van der Waals surface area contributed by atoms with Gasteiger partial charge in [-0.05, 0) is 57.4 Å². The molecule has 0 heterocycles. The van der Waals surface area contributed by atoms with E-state index >= 15 is 0 Å². The van der Waals surface area contributed by atoms with Crippen LogP contribution in [0.15, 0.2) is 53.0 Å². The van der Waals surface area contributed by atoms with Crippen LogP contribution in [0, 0.1) is 5.82 Å². The van der Waals surface area contributed by atoms with Crippen molar-refractivity contribution in [2.75, 3.05) is 0 Å². The van der Waals surface area contributed by atoms with Crippen LogP contribution in [0.1, 0.15) is 11.1 Å². The lowest BCUT2D eigenvalue weighted by Gasteiger charge is -2.09. The molecule has 0 amide bonds. The van der Waals surface area contributed by atoms with Crippen LogP contribution in [0.3, 0.4) is 0 Å². The fraction of sp³-hybridized carbons (Fsp3) is 0.0625. The highest BCUT2D eigenvalue weighted by molar-refractivity contribution is 9.10. The van der Waals surface area contributed by atoms with Crippen molar-refractivity contribution in [1.82, 2.24) is 0 Å². The Morgan fingerprint density at radius 2 is 2.10 bits per heavy atom. The first-order chi connectivity index (χ1) is 10.0. The van der Waals surface area contributed by atoms with E-state index < -0.39 is 5.97 Å². The second-order valence-corrected chi connectivity index (χ2v) is 5.13. The molecule has 0 fully saturated rings. The van der Waals surface area contributed by atoms with Gasteiger partial charge in [0, 0.05) is 6.08 Å². The molecule has 0 aliphatic carbocycles. The number of hydrogen-bond acceptors (Lipinski definition) is 2. The molecule has 108 valence electrons. The molecule has 0 saturated carbocycles. The van der Waals surface area contributed by atoms with Crippen molar-refractivity contribution in [3.63, 3.8) is 0 Å². The van der Waals surface area contributed by atoms with Crippen molar-refractivity contribution in [3.05, 3.63) is 70.0 Å². The average molecular weight is 351 g/mol. The van der Waals surface area contributed by atoms with Crippen LogP contribution >= 0.6 is 15.9 Å². The second-order valence-electron chi connectivity index (χ2n) is 4.28. The van der Waals surface area contributed by atoms with Crippen molar-refractivity contribution < 1.29 is 19.0 Å². The van der Waals surface area contributed by atoms with Gasteiger partial charge in [0.1, 0.15) is 18.2 Å². The summed E-state index contributed by atoms with van der Waals surface area (Å²) in [6.07, 6.45) is 2.55. The Morgan fingerprint density at radius 3 is 2.76 bits per heavy atom. The third kappa shape index (κ3) is 4.72. The molecule has 5 heteroatoms. The zero-order valence-electron chi connectivity index (χ0n) is 10.9. The van der Waals surface area contributed by atoms with Crippen molar-refractivity contribution in [1.29, 1.82) is 0 Å². The second kappa shape index (κ2) is 7.04. The van der Waals surface area contributed by atoms with E-state index in [2.05, 4.69) is 15.9 Å². The molecule has 0 aliphatic rings. The Labute approximate surface area is 129 Å². The third-order valence-electron chi connectivity index (χ3n) is 2.66. The lowest BCUT2D eigenvalue weighted by Crippen LogP contribution is -1.96. The van der Waals surface area contributed by atoms with E-state index in [1.54, 1.807) is 30.3 Å². The predicted octanol–water partition coefficient (Wildman–Crippen LogP) is 4.27. The van der Waals surface area contributed by atoms with Gasteiger partial charge in [-0.2, -0.15) is 0 Å². The van der Waals surface area contributed by atoms with Gasteiger partial charge in [-0.15, -0.1) is 0 Å². The van der Waals surface area contributed by atoms with E-state index in [1.165, 1.54) is 18.2 Å². The van der Waals surface area contributed by atoms with Crippen molar-refractivity contribution in [2.24, 2.45) is 0 Å². The minimum atomic E-state index is -1.00. The molecular formula is C16H12BrFO3. The van der Waals surface area contributed by atoms with E-state index in [9.17, 15) is 9.18 Å². The van der Waals surface area contributed by atoms with Gasteiger partial charge in [0.05, 0.1) is 4.47 Å². The largest absolute Gasteiger partial charge is 0.488 e. The smallest absolute Gasteiger partial charge is 0.328 e. The maximum absolute atomic E-state index is 13.1. The number of halogens is 2. The van der Waals surface area contributed by atoms with E-state index in [0.29, 0.717) is 10.2 Å². The quantitative estimate of drug-likeness (QED) is 0.819. The Balaban J connectivity index is 2.06. The summed E-state index contributed by atoms with van der Waals surface area (Å²) < 4.78 is 19.4. The molecule has 21 heavy (non-hydrogen) atoms. The lowest BCUT2D eigenvalue weighted by molar-refractivity contribution is -0.131. The van der Waals surface area contributed by atoms with Gasteiger partial charge in [-0.3, -0.25) is 0 Å². The van der Waals surface area contributed by atoms with Gasteiger partial charge in [0.2, 0.25) is 0 Å². The van der Waals surface area contributed by atoms with Gasteiger partial charge in [0.25, 0.3) is 0 Å². The van der Waals surface area contributed by atoms with Crippen LogP contribution in [-0.4, -0.2) is 11.1 Å². The summed E-state index contributed by atoms with van der Waals surface area (Å²) in [5.41, 5.74) is 1.47. The third-order valence-corrected chi connectivity index (χ3v) is 3.28. The molecule has 1 N–H and O–H groups in total. The van der Waals surface area contributed by atoms with Gasteiger partial charge < -0.3 is 9.84 Å². The molecule has 0 radical (unpaired) electrons. The Morgan fingerprint density at radius 1 is 1.29 bits per heavy atom. The first-order valence-electron chi connectivity index (χ1n) is 6.12. The number of rotatable bonds is 5. The van der Waals surface area contributed by atoms with Crippen LogP contribution in [0.25, 0.3) is 6.08 Å². The van der Waals surface area contributed by atoms with Gasteiger partial charge in [0.15, 0.2) is 0 Å². The number of aliphatic carboxylic acids is 1. The fourth-order valence-electron chi connectivity index (χ4n) is 1.69. The highest BCUT2D eigenvalue weighted by Gasteiger charge is 2.03. The lowest BCUT2D eigenvalue weighted by atomic mass is 10.2. The summed E-state index contributed by atoms with van der Waals surface area (Å²) in [5.74, 6) is -0.700. The first-order valence-corrected chi connectivity index (χ1v) is 6.92. The summed E-state index contributed by atoms with van der Waals surface area (Å²) in [4.78, 5) is 10.5. The molecule has 0 spiro atoms. The van der Waals surface area contributed by atoms with Crippen LogP contribution in [0.2, 0.25) is 0 Å². The fourth-order valence-corrected chi connectivity index (χ4v) is 2.20. The molecule has 0 saturated heterocycles. The Kier molecular flexibility index (Phi) is 5.11. The maximum Gasteiger partial charge on any atom is 0.328 e. The molecule has 0 bridgehead atoms. The number of ether oxygens (including phenoxy) is 1. The molecule has 2 aromatic carbocycles. The maximum atomic E-state index is 13.1. The van der Waals surface area contributed by atoms with Gasteiger partial charge in [-0.1, -0.05) is 18.2 Å². The van der Waals surface area contributed by atoms with E-state index in [-0.39, 0.29) is 12.4 Å². The summed E-state index contributed by atoms with van der Waals surface area (Å²) in [6, 6.07) is 11.4. The number of carboxylic acid groups (broad SMARTS) is 1. The Bertz CT molecular complexity index is 683. The van der Waals surface area contributed by atoms with Crippen molar-refractivity contribution in [3.8, 4) is 5.75 Å². The van der Waals surface area contributed by atoms with Gasteiger partial charge in [-0.25, -0.2) is 9.18 Å². The molecule has 0 atom stereocenters. The molecule has 0 aromatic heterocycles. The van der Waals surface area contributed by atoms with Crippen LogP contribution in [0.5, 0.6) is 5.75 Å². The zero-order chi connectivity index (χ0) is 15.2. The van der Waals surface area contributed by atoms with Crippen LogP contribution in [0.4, 0.5) is 4.39 Å². The van der Waals surface area contributed by atoms with E-state index in [0.717, 1.165) is 17.2 Å². The monoisotopic (exact) mass is 350 g/mol. The highest BCUT2D eigenvalue weighted by atomic mass is 79.9. The number of hydrogen-bond donors (Lipinski definition) is 1. The molecule has 0 aliphatic heterocycles. The molecule has 2 aromatic rings. The molecular weight excluding hydrogens is 339 g/mol. The van der Waals surface area contributed by atoms with Crippen LogP contribution in [-0.2, 0) is 11.4 Å². The topological polar surface area (TPSA) is 46.5 Å². The summed E-state index contributed by atoms with van der Waals surface area (Å²) >= 11 is 3.36. The zero-order valence-corrected chi connectivity index (χ0v) is 12.5. The Hall–Kier alpha value is -2.14. The number of carbonyl (C=O) groups is 1. The molecule has 2 rings (SSSR count). The van der Waals surface area contributed by atoms with Crippen molar-refractivity contribution in [2.45, 2.75) is 6.61 Å². The minimum absolute atomic E-state index is 0.251. The predicted molar refractivity (Wildman–Crippen MR) is 81.5 cm³/mol. The summed E-state index contributed by atoms with van der Waals surface area (Å²) in [7, 11) is 0. The normalized spacial score (nSPS) is 10.8. The minimum Gasteiger partial charge on any atom is -0.488 e. The average Bonchev–Trinajstić information content (AvgIpc) is 2.44. The molecule has 3 nitrogen and oxygen atoms in total. The van der Waals surface area contributed by atoms with E-state index in [1.807, 2.05) is 0 Å². The standard InChI is InChI=1S/C16H12BrFO3/c17-14-9-11(5-7-16(19)20)4-6-15(14)21-10-12-2-1-3-13(18)8-12/h1-9H,10H2,(H,19,20)/b7-5+. The van der Waals surface area contributed by atoms with E-state index in [4.69, 9.17) is 9.84 Å². The summed E-state index contributed by atoms with van der Waals surface area (Å²) in [6.45, 7) is 0.251. The number of benzene rings is 2. The molecule has 0 unspecified atom stereocenters.